The van der Waals surface area contributed by atoms with E-state index in [0.29, 0.717) is 23.4 Å². The molecule has 2 fully saturated rings. The first-order chi connectivity index (χ1) is 20.9. The number of ketones is 1. The van der Waals surface area contributed by atoms with Crippen LogP contribution in [0.4, 0.5) is 5.69 Å². The number of carbonyl (C=O) groups is 5. The second-order valence-electron chi connectivity index (χ2n) is 10.6. The zero-order valence-electron chi connectivity index (χ0n) is 23.0. The summed E-state index contributed by atoms with van der Waals surface area (Å²) in [5.41, 5.74) is 1.89. The summed E-state index contributed by atoms with van der Waals surface area (Å²) in [4.78, 5) is 66.0. The average Bonchev–Trinajstić information content (AvgIpc) is 3.67. The maximum atomic E-state index is 13.4. The molecule has 3 atom stereocenters. The molecule has 6 rings (SSSR count). The molecule has 216 valence electrons. The Morgan fingerprint density at radius 2 is 1.53 bits per heavy atom. The number of benzene rings is 3. The number of nitrogens with zero attached hydrogens (tertiary/aromatic N) is 1. The first-order valence-electron chi connectivity index (χ1n) is 14.0. The number of hydrogen-bond donors (Lipinski definition) is 0. The van der Waals surface area contributed by atoms with Gasteiger partial charge < -0.3 is 9.47 Å². The molecule has 9 heteroatoms. The normalized spacial score (nSPS) is 19.5. The van der Waals surface area contributed by atoms with Gasteiger partial charge in [-0.05, 0) is 84.7 Å². The van der Waals surface area contributed by atoms with Crippen LogP contribution < -0.4 is 9.64 Å². The van der Waals surface area contributed by atoms with Crippen LogP contribution in [0.5, 0.6) is 5.75 Å². The minimum Gasteiger partial charge on any atom is -0.454 e. The van der Waals surface area contributed by atoms with E-state index in [9.17, 15) is 24.0 Å². The standard InChI is InChI=1S/C34H27NO7S/c36-29(22-11-14-26(15-12-22)42-34(40)30-10-5-17-43-30)20-41-33(39)24-8-4-9-25(18-24)35-31(37)27-16-13-23(19-28(27)32(35)38)21-6-2-1-3-7-21/h1-12,14-15,17-18,23,27-28H,13,16,19-20H2/t23-,27-,28-/m1/s1. The molecule has 8 nitrogen and oxygen atoms in total. The average molecular weight is 594 g/mol. The van der Waals surface area contributed by atoms with E-state index in [-0.39, 0.29) is 40.5 Å². The van der Waals surface area contributed by atoms with Crippen LogP contribution in [0, 0.1) is 11.8 Å². The molecule has 2 heterocycles. The smallest absolute Gasteiger partial charge is 0.353 e. The summed E-state index contributed by atoms with van der Waals surface area (Å²) < 4.78 is 10.6. The molecule has 0 N–H and O–H groups in total. The van der Waals surface area contributed by atoms with Crippen LogP contribution in [0.25, 0.3) is 0 Å². The molecule has 43 heavy (non-hydrogen) atoms. The first-order valence-corrected chi connectivity index (χ1v) is 14.9. The molecule has 1 saturated heterocycles. The summed E-state index contributed by atoms with van der Waals surface area (Å²) in [5.74, 6) is -2.44. The molecule has 2 amide bonds. The number of esters is 2. The van der Waals surface area contributed by atoms with Crippen LogP contribution in [0.2, 0.25) is 0 Å². The number of hydrogen-bond acceptors (Lipinski definition) is 8. The van der Waals surface area contributed by atoms with Crippen molar-refractivity contribution in [1.29, 1.82) is 0 Å². The predicted octanol–water partition coefficient (Wildman–Crippen LogP) is 6.08. The third kappa shape index (κ3) is 5.89. The molecule has 0 unspecified atom stereocenters. The number of thiophene rings is 1. The summed E-state index contributed by atoms with van der Waals surface area (Å²) in [6.07, 6.45) is 2.08. The largest absolute Gasteiger partial charge is 0.454 e. The second-order valence-corrected chi connectivity index (χ2v) is 11.5. The number of rotatable bonds is 8. The summed E-state index contributed by atoms with van der Waals surface area (Å²) >= 11 is 1.26. The van der Waals surface area contributed by atoms with E-state index in [1.165, 1.54) is 58.2 Å². The zero-order valence-corrected chi connectivity index (χ0v) is 23.8. The second kappa shape index (κ2) is 12.1. The van der Waals surface area contributed by atoms with Crippen molar-refractivity contribution in [2.24, 2.45) is 11.8 Å². The van der Waals surface area contributed by atoms with E-state index in [4.69, 9.17) is 9.47 Å². The van der Waals surface area contributed by atoms with Crippen molar-refractivity contribution >= 4 is 46.6 Å². The first kappa shape index (κ1) is 28.2. The molecule has 0 bridgehead atoms. The van der Waals surface area contributed by atoms with E-state index in [0.717, 1.165) is 6.42 Å². The van der Waals surface area contributed by atoms with Crippen LogP contribution >= 0.6 is 11.3 Å². The molecule has 1 aromatic heterocycles. The quantitative estimate of drug-likeness (QED) is 0.105. The van der Waals surface area contributed by atoms with E-state index in [1.54, 1.807) is 29.6 Å². The lowest BCUT2D eigenvalue weighted by atomic mass is 9.73. The van der Waals surface area contributed by atoms with Crippen LogP contribution in [0.15, 0.2) is 96.4 Å². The third-order valence-electron chi connectivity index (χ3n) is 7.98. The van der Waals surface area contributed by atoms with Crippen LogP contribution in [-0.4, -0.2) is 36.1 Å². The number of imide groups is 1. The molecular formula is C34H27NO7S. The fourth-order valence-electron chi connectivity index (χ4n) is 5.79. The molecule has 4 aromatic rings. The molecule has 2 aliphatic rings. The fraction of sp³-hybridized carbons (Fsp3) is 0.206. The van der Waals surface area contributed by atoms with E-state index < -0.39 is 30.2 Å². The Kier molecular flexibility index (Phi) is 7.98. The van der Waals surface area contributed by atoms with E-state index in [2.05, 4.69) is 12.1 Å². The van der Waals surface area contributed by atoms with Crippen LogP contribution in [0.3, 0.4) is 0 Å². The van der Waals surface area contributed by atoms with E-state index in [1.807, 2.05) is 18.2 Å². The molecule has 1 saturated carbocycles. The highest BCUT2D eigenvalue weighted by Gasteiger charge is 2.50. The third-order valence-corrected chi connectivity index (χ3v) is 8.83. The number of amides is 2. The molecule has 3 aromatic carbocycles. The highest BCUT2D eigenvalue weighted by Crippen LogP contribution is 2.45. The Hall–Kier alpha value is -4.89. The lowest BCUT2D eigenvalue weighted by molar-refractivity contribution is -0.122. The van der Waals surface area contributed by atoms with Gasteiger partial charge >= 0.3 is 11.9 Å². The molecular weight excluding hydrogens is 566 g/mol. The molecule has 1 aliphatic carbocycles. The Morgan fingerprint density at radius 3 is 2.28 bits per heavy atom. The summed E-state index contributed by atoms with van der Waals surface area (Å²) in [6, 6.07) is 25.6. The van der Waals surface area contributed by atoms with Gasteiger partial charge in [0.2, 0.25) is 11.8 Å². The Morgan fingerprint density at radius 1 is 0.767 bits per heavy atom. The van der Waals surface area contributed by atoms with Crippen molar-refractivity contribution in [1.82, 2.24) is 0 Å². The number of carbonyl (C=O) groups excluding carboxylic acids is 5. The molecule has 1 aliphatic heterocycles. The fourth-order valence-corrected chi connectivity index (χ4v) is 6.39. The number of fused-ring (bicyclic) bond motifs is 1. The zero-order chi connectivity index (χ0) is 29.9. The topological polar surface area (TPSA) is 107 Å². The monoisotopic (exact) mass is 593 g/mol. The summed E-state index contributed by atoms with van der Waals surface area (Å²) in [6.45, 7) is -0.510. The highest BCUT2D eigenvalue weighted by molar-refractivity contribution is 7.12. The summed E-state index contributed by atoms with van der Waals surface area (Å²) in [5, 5.41) is 1.77. The summed E-state index contributed by atoms with van der Waals surface area (Å²) in [7, 11) is 0. The van der Waals surface area contributed by atoms with Gasteiger partial charge in [0.05, 0.1) is 23.1 Å². The van der Waals surface area contributed by atoms with Gasteiger partial charge in [-0.25, -0.2) is 9.59 Å². The van der Waals surface area contributed by atoms with Gasteiger partial charge in [0.1, 0.15) is 10.6 Å². The Balaban J connectivity index is 1.07. The van der Waals surface area contributed by atoms with E-state index >= 15 is 0 Å². The van der Waals surface area contributed by atoms with Gasteiger partial charge in [-0.15, -0.1) is 11.3 Å². The van der Waals surface area contributed by atoms with Crippen molar-refractivity contribution < 1.29 is 33.4 Å². The molecule has 0 spiro atoms. The van der Waals surface area contributed by atoms with Crippen LogP contribution in [0.1, 0.15) is 61.1 Å². The van der Waals surface area contributed by atoms with Crippen molar-refractivity contribution in [3.05, 3.63) is 118 Å². The van der Waals surface area contributed by atoms with Crippen molar-refractivity contribution in [2.45, 2.75) is 25.2 Å². The maximum absolute atomic E-state index is 13.4. The predicted molar refractivity (Wildman–Crippen MR) is 159 cm³/mol. The Labute approximate surface area is 251 Å². The Bertz CT molecular complexity index is 1680. The van der Waals surface area contributed by atoms with Gasteiger partial charge in [-0.3, -0.25) is 19.3 Å². The van der Waals surface area contributed by atoms with Gasteiger partial charge in [0.25, 0.3) is 0 Å². The number of Topliss-reactive ketones (excluding diaryl/α,β-unsaturated/α-hetero) is 1. The number of ether oxygens (including phenoxy) is 2. The minimum atomic E-state index is -0.752. The van der Waals surface area contributed by atoms with Gasteiger partial charge in [0.15, 0.2) is 12.4 Å². The van der Waals surface area contributed by atoms with Gasteiger partial charge in [-0.2, -0.15) is 0 Å². The van der Waals surface area contributed by atoms with Gasteiger partial charge in [0, 0.05) is 5.56 Å². The lowest BCUT2D eigenvalue weighted by Crippen LogP contribution is -2.31. The SMILES string of the molecule is O=C(COC(=O)c1cccc(N2C(=O)[C@@H]3CC[C@@H](c4ccccc4)C[C@H]3C2=O)c1)c1ccc(OC(=O)c2cccs2)cc1. The number of anilines is 1. The van der Waals surface area contributed by atoms with Crippen LogP contribution in [-0.2, 0) is 14.3 Å². The highest BCUT2D eigenvalue weighted by atomic mass is 32.1. The molecule has 0 radical (unpaired) electrons. The van der Waals surface area contributed by atoms with Gasteiger partial charge in [-0.1, -0.05) is 42.5 Å². The minimum absolute atomic E-state index is 0.124. The van der Waals surface area contributed by atoms with Crippen molar-refractivity contribution in [2.75, 3.05) is 11.5 Å². The van der Waals surface area contributed by atoms with Crippen molar-refractivity contribution in [3.63, 3.8) is 0 Å². The maximum Gasteiger partial charge on any atom is 0.353 e. The lowest BCUT2D eigenvalue weighted by Gasteiger charge is -2.28. The van der Waals surface area contributed by atoms with Crippen molar-refractivity contribution in [3.8, 4) is 5.75 Å².